The van der Waals surface area contributed by atoms with Crippen LogP contribution in [0.15, 0.2) is 41.8 Å². The van der Waals surface area contributed by atoms with E-state index in [0.717, 1.165) is 11.3 Å². The van der Waals surface area contributed by atoms with Gasteiger partial charge in [0.1, 0.15) is 0 Å². The highest BCUT2D eigenvalue weighted by Gasteiger charge is 2.09. The number of carbonyl (C=O) groups excluding carboxylic acids is 2. The molecule has 0 saturated heterocycles. The van der Waals surface area contributed by atoms with Crippen LogP contribution >= 0.6 is 11.3 Å². The Morgan fingerprint density at radius 2 is 2.04 bits per heavy atom. The summed E-state index contributed by atoms with van der Waals surface area (Å²) in [5.41, 5.74) is 2.61. The van der Waals surface area contributed by atoms with E-state index in [1.54, 1.807) is 0 Å². The molecule has 0 bridgehead atoms. The van der Waals surface area contributed by atoms with Crippen LogP contribution in [0, 0.1) is 10.1 Å². The Kier molecular flexibility index (Phi) is 5.47. The van der Waals surface area contributed by atoms with Gasteiger partial charge in [-0.2, -0.15) is 5.10 Å². The number of carbonyl (C=O) groups is 2. The quantitative estimate of drug-likeness (QED) is 0.462. The number of nitrogens with zero attached hydrogens (tertiary/aromatic N) is 3. The average Bonchev–Trinajstić information content (AvgIpc) is 3.02. The van der Waals surface area contributed by atoms with Gasteiger partial charge in [-0.3, -0.25) is 24.7 Å². The van der Waals surface area contributed by atoms with Crippen LogP contribution in [0.1, 0.15) is 15.2 Å². The third kappa shape index (κ3) is 4.97. The molecule has 0 aliphatic heterocycles. The molecule has 2 rings (SSSR count). The Labute approximate surface area is 134 Å². The van der Waals surface area contributed by atoms with Gasteiger partial charge in [0.05, 0.1) is 22.6 Å². The second kappa shape index (κ2) is 7.75. The number of amides is 2. The molecule has 2 N–H and O–H groups in total. The van der Waals surface area contributed by atoms with Gasteiger partial charge in [0.15, 0.2) is 0 Å². The number of nitro groups is 1. The zero-order valence-electron chi connectivity index (χ0n) is 11.6. The van der Waals surface area contributed by atoms with Crippen molar-refractivity contribution < 1.29 is 14.5 Å². The van der Waals surface area contributed by atoms with Crippen LogP contribution in [-0.4, -0.2) is 34.5 Å². The monoisotopic (exact) mass is 333 g/mol. The molecule has 0 aliphatic rings. The molecule has 118 valence electrons. The fraction of sp³-hybridized carbons (Fsp3) is 0.0769. The summed E-state index contributed by atoms with van der Waals surface area (Å²) in [6.07, 6.45) is 4.24. The first-order chi connectivity index (χ1) is 11.1. The fourth-order valence-electron chi connectivity index (χ4n) is 1.48. The molecule has 0 spiro atoms. The number of nitrogens with one attached hydrogen (secondary N) is 2. The normalized spacial score (nSPS) is 10.4. The van der Waals surface area contributed by atoms with Crippen molar-refractivity contribution in [2.75, 3.05) is 6.54 Å². The number of hydrogen-bond donors (Lipinski definition) is 2. The predicted octanol–water partition coefficient (Wildman–Crippen LogP) is 0.931. The molecule has 23 heavy (non-hydrogen) atoms. The molecule has 0 fully saturated rings. The van der Waals surface area contributed by atoms with Crippen LogP contribution < -0.4 is 10.7 Å². The summed E-state index contributed by atoms with van der Waals surface area (Å²) in [5, 5.41) is 16.6. The predicted molar refractivity (Wildman–Crippen MR) is 83.3 cm³/mol. The van der Waals surface area contributed by atoms with Gasteiger partial charge in [0.2, 0.25) is 0 Å². The van der Waals surface area contributed by atoms with E-state index in [1.807, 2.05) is 0 Å². The Balaban J connectivity index is 1.77. The molecule has 0 aliphatic carbocycles. The third-order valence-corrected chi connectivity index (χ3v) is 3.50. The van der Waals surface area contributed by atoms with Crippen LogP contribution in [0.4, 0.5) is 5.00 Å². The zero-order valence-corrected chi connectivity index (χ0v) is 12.4. The largest absolute Gasteiger partial charge is 0.343 e. The van der Waals surface area contributed by atoms with Crippen molar-refractivity contribution in [2.45, 2.75) is 0 Å². The maximum Gasteiger partial charge on any atom is 0.324 e. The van der Waals surface area contributed by atoms with E-state index >= 15 is 0 Å². The highest BCUT2D eigenvalue weighted by Crippen LogP contribution is 2.22. The summed E-state index contributed by atoms with van der Waals surface area (Å²) in [6.45, 7) is -0.247. The van der Waals surface area contributed by atoms with E-state index in [2.05, 4.69) is 20.8 Å². The van der Waals surface area contributed by atoms with Gasteiger partial charge in [-0.1, -0.05) is 11.3 Å². The molecule has 0 aromatic carbocycles. The smallest absolute Gasteiger partial charge is 0.324 e. The lowest BCUT2D eigenvalue weighted by molar-refractivity contribution is -0.380. The Hall–Kier alpha value is -3.14. The number of thiophene rings is 1. The van der Waals surface area contributed by atoms with Gasteiger partial charge >= 0.3 is 5.00 Å². The summed E-state index contributed by atoms with van der Waals surface area (Å²) < 4.78 is 0. The molecule has 0 unspecified atom stereocenters. The molecule has 2 heterocycles. The minimum Gasteiger partial charge on any atom is -0.343 e. The third-order valence-electron chi connectivity index (χ3n) is 2.53. The molecule has 9 nitrogen and oxygen atoms in total. The van der Waals surface area contributed by atoms with E-state index < -0.39 is 16.7 Å². The number of rotatable bonds is 6. The Morgan fingerprint density at radius 1 is 1.30 bits per heavy atom. The summed E-state index contributed by atoms with van der Waals surface area (Å²) in [6, 6.07) is 5.91. The van der Waals surface area contributed by atoms with Gasteiger partial charge in [0, 0.05) is 24.0 Å². The van der Waals surface area contributed by atoms with Crippen molar-refractivity contribution in [3.05, 3.63) is 57.2 Å². The SMILES string of the molecule is O=C(CNC(=O)c1ccncc1)NN=Cc1ccc([N+](=O)[O-])s1. The fourth-order valence-corrected chi connectivity index (χ4v) is 2.18. The molecule has 2 aromatic heterocycles. The first kappa shape index (κ1) is 16.2. The van der Waals surface area contributed by atoms with Crippen LogP contribution in [0.3, 0.4) is 0 Å². The summed E-state index contributed by atoms with van der Waals surface area (Å²) in [5.74, 6) is -0.921. The van der Waals surface area contributed by atoms with E-state index in [1.165, 1.54) is 42.9 Å². The lowest BCUT2D eigenvalue weighted by Crippen LogP contribution is -2.34. The number of hydrogen-bond acceptors (Lipinski definition) is 7. The minimum absolute atomic E-state index is 0.0117. The van der Waals surface area contributed by atoms with Crippen molar-refractivity contribution in [2.24, 2.45) is 5.10 Å². The molecule has 0 radical (unpaired) electrons. The standard InChI is InChI=1S/C13H11N5O4S/c19-11(8-15-13(20)9-3-5-14-6-4-9)17-16-7-10-1-2-12(23-10)18(21)22/h1-7H,8H2,(H,15,20)(H,17,19). The zero-order chi connectivity index (χ0) is 16.7. The maximum atomic E-state index is 11.7. The number of hydrazone groups is 1. The van der Waals surface area contributed by atoms with Gasteiger partial charge in [-0.05, 0) is 18.2 Å². The molecular formula is C13H11N5O4S. The van der Waals surface area contributed by atoms with Crippen molar-refractivity contribution in [3.63, 3.8) is 0 Å². The first-order valence-electron chi connectivity index (χ1n) is 6.30. The molecule has 0 atom stereocenters. The number of pyridine rings is 1. The topological polar surface area (TPSA) is 127 Å². The van der Waals surface area contributed by atoms with Crippen molar-refractivity contribution in [1.29, 1.82) is 0 Å². The van der Waals surface area contributed by atoms with Gasteiger partial charge in [0.25, 0.3) is 11.8 Å². The minimum atomic E-state index is -0.519. The first-order valence-corrected chi connectivity index (χ1v) is 7.12. The molecule has 0 saturated carbocycles. The summed E-state index contributed by atoms with van der Waals surface area (Å²) >= 11 is 0.933. The van der Waals surface area contributed by atoms with Crippen molar-refractivity contribution in [1.82, 2.24) is 15.7 Å². The van der Waals surface area contributed by atoms with Gasteiger partial charge < -0.3 is 5.32 Å². The van der Waals surface area contributed by atoms with E-state index in [9.17, 15) is 19.7 Å². The van der Waals surface area contributed by atoms with Crippen LogP contribution in [0.25, 0.3) is 0 Å². The van der Waals surface area contributed by atoms with Crippen LogP contribution in [0.5, 0.6) is 0 Å². The van der Waals surface area contributed by atoms with Gasteiger partial charge in [-0.25, -0.2) is 5.43 Å². The van der Waals surface area contributed by atoms with Crippen LogP contribution in [0.2, 0.25) is 0 Å². The second-order valence-corrected chi connectivity index (χ2v) is 5.24. The van der Waals surface area contributed by atoms with E-state index in [0.29, 0.717) is 10.4 Å². The average molecular weight is 333 g/mol. The van der Waals surface area contributed by atoms with Crippen molar-refractivity contribution in [3.8, 4) is 0 Å². The summed E-state index contributed by atoms with van der Waals surface area (Å²) in [4.78, 5) is 37.5. The molecular weight excluding hydrogens is 322 g/mol. The van der Waals surface area contributed by atoms with Crippen molar-refractivity contribution >= 4 is 34.4 Å². The number of aromatic nitrogens is 1. The van der Waals surface area contributed by atoms with E-state index in [-0.39, 0.29) is 11.5 Å². The molecule has 10 heteroatoms. The Morgan fingerprint density at radius 3 is 2.70 bits per heavy atom. The highest BCUT2D eigenvalue weighted by molar-refractivity contribution is 7.16. The van der Waals surface area contributed by atoms with Crippen LogP contribution in [-0.2, 0) is 4.79 Å². The van der Waals surface area contributed by atoms with Gasteiger partial charge in [-0.15, -0.1) is 0 Å². The highest BCUT2D eigenvalue weighted by atomic mass is 32.1. The maximum absolute atomic E-state index is 11.7. The van der Waals surface area contributed by atoms with E-state index in [4.69, 9.17) is 0 Å². The molecule has 2 aromatic rings. The Bertz CT molecular complexity index is 744. The second-order valence-electron chi connectivity index (χ2n) is 4.14. The lowest BCUT2D eigenvalue weighted by atomic mass is 10.2. The lowest BCUT2D eigenvalue weighted by Gasteiger charge is -2.03. The molecule has 2 amide bonds. The summed E-state index contributed by atoms with van der Waals surface area (Å²) in [7, 11) is 0.